The second kappa shape index (κ2) is 5.33. The highest BCUT2D eigenvalue weighted by Crippen LogP contribution is 2.40. The quantitative estimate of drug-likeness (QED) is 0.795. The molecule has 1 nitrogen and oxygen atoms in total. The molecule has 1 aliphatic rings. The highest BCUT2D eigenvalue weighted by atomic mass is 19.1. The van der Waals surface area contributed by atoms with Gasteiger partial charge in [0.2, 0.25) is 0 Å². The van der Waals surface area contributed by atoms with Gasteiger partial charge < -0.3 is 0 Å². The highest BCUT2D eigenvalue weighted by Gasteiger charge is 2.37. The van der Waals surface area contributed by atoms with Crippen LogP contribution in [0.2, 0.25) is 0 Å². The average Bonchev–Trinajstić information content (AvgIpc) is 2.51. The van der Waals surface area contributed by atoms with E-state index in [2.05, 4.69) is 18.2 Å². The number of rotatable bonds is 2. The summed E-state index contributed by atoms with van der Waals surface area (Å²) in [5.74, 6) is -0.229. The van der Waals surface area contributed by atoms with E-state index in [0.29, 0.717) is 6.42 Å². The van der Waals surface area contributed by atoms with E-state index in [-0.39, 0.29) is 5.82 Å². The van der Waals surface area contributed by atoms with Gasteiger partial charge in [0.05, 0.1) is 11.5 Å². The minimum atomic E-state index is -0.520. The molecule has 1 atom stereocenters. The van der Waals surface area contributed by atoms with Crippen LogP contribution in [-0.2, 0) is 18.3 Å². The SMILES string of the molecule is Cc1ccc(F)cc1CC1(C#N)CCCc2ccccc21. The Hall–Kier alpha value is -2.14. The third-order valence-electron chi connectivity index (χ3n) is 4.60. The molecule has 0 amide bonds. The van der Waals surface area contributed by atoms with E-state index in [1.807, 2.05) is 19.1 Å². The Balaban J connectivity index is 2.07. The highest BCUT2D eigenvalue weighted by molar-refractivity contribution is 5.44. The number of nitrogens with zero attached hydrogens (tertiary/aromatic N) is 1. The lowest BCUT2D eigenvalue weighted by Gasteiger charge is -2.34. The predicted octanol–water partition coefficient (Wildman–Crippen LogP) is 4.47. The summed E-state index contributed by atoms with van der Waals surface area (Å²) in [5, 5.41) is 9.87. The molecule has 0 radical (unpaired) electrons. The summed E-state index contributed by atoms with van der Waals surface area (Å²) in [5.41, 5.74) is 3.86. The predicted molar refractivity (Wildman–Crippen MR) is 81.5 cm³/mol. The standard InChI is InChI=1S/C19H18FN/c1-14-8-9-17(20)11-16(14)12-19(13-21)10-4-6-15-5-2-3-7-18(15)19/h2-3,5,7-9,11H,4,6,10,12H2,1H3. The molecule has 1 aliphatic carbocycles. The lowest BCUT2D eigenvalue weighted by Crippen LogP contribution is -2.32. The molecule has 2 aromatic rings. The smallest absolute Gasteiger partial charge is 0.123 e. The van der Waals surface area contributed by atoms with Crippen molar-refractivity contribution in [2.75, 3.05) is 0 Å². The Morgan fingerprint density at radius 1 is 1.24 bits per heavy atom. The zero-order chi connectivity index (χ0) is 14.9. The van der Waals surface area contributed by atoms with E-state index in [9.17, 15) is 9.65 Å². The van der Waals surface area contributed by atoms with Gasteiger partial charge in [-0.05, 0) is 67.0 Å². The van der Waals surface area contributed by atoms with E-state index < -0.39 is 5.41 Å². The van der Waals surface area contributed by atoms with Gasteiger partial charge in [0.25, 0.3) is 0 Å². The monoisotopic (exact) mass is 279 g/mol. The summed E-state index contributed by atoms with van der Waals surface area (Å²) in [4.78, 5) is 0. The van der Waals surface area contributed by atoms with Crippen molar-refractivity contribution in [2.45, 2.75) is 38.0 Å². The van der Waals surface area contributed by atoms with Crippen LogP contribution in [0.25, 0.3) is 0 Å². The first-order valence-electron chi connectivity index (χ1n) is 7.39. The minimum absolute atomic E-state index is 0.229. The third-order valence-corrected chi connectivity index (χ3v) is 4.60. The van der Waals surface area contributed by atoms with Gasteiger partial charge >= 0.3 is 0 Å². The van der Waals surface area contributed by atoms with Gasteiger partial charge in [-0.1, -0.05) is 30.3 Å². The Labute approximate surface area is 125 Å². The lowest BCUT2D eigenvalue weighted by atomic mass is 9.67. The molecule has 21 heavy (non-hydrogen) atoms. The van der Waals surface area contributed by atoms with Crippen LogP contribution in [0, 0.1) is 24.1 Å². The summed E-state index contributed by atoms with van der Waals surface area (Å²) in [6.07, 6.45) is 3.47. The summed E-state index contributed by atoms with van der Waals surface area (Å²) >= 11 is 0. The van der Waals surface area contributed by atoms with Crippen molar-refractivity contribution in [1.82, 2.24) is 0 Å². The summed E-state index contributed by atoms with van der Waals surface area (Å²) in [6, 6.07) is 15.6. The molecule has 0 bridgehead atoms. The number of fused-ring (bicyclic) bond motifs is 1. The summed E-state index contributed by atoms with van der Waals surface area (Å²) < 4.78 is 13.5. The first kappa shape index (κ1) is 13.8. The van der Waals surface area contributed by atoms with E-state index >= 15 is 0 Å². The molecule has 0 fully saturated rings. The minimum Gasteiger partial charge on any atom is -0.207 e. The van der Waals surface area contributed by atoms with Crippen LogP contribution in [0.5, 0.6) is 0 Å². The van der Waals surface area contributed by atoms with E-state index in [0.717, 1.165) is 36.0 Å². The molecule has 0 N–H and O–H groups in total. The van der Waals surface area contributed by atoms with Gasteiger partial charge in [-0.3, -0.25) is 0 Å². The van der Waals surface area contributed by atoms with Gasteiger partial charge in [0, 0.05) is 0 Å². The maximum absolute atomic E-state index is 13.5. The Kier molecular flexibility index (Phi) is 3.51. The molecule has 3 rings (SSSR count). The maximum Gasteiger partial charge on any atom is 0.123 e. The number of benzene rings is 2. The number of hydrogen-bond donors (Lipinski definition) is 0. The van der Waals surface area contributed by atoms with Crippen molar-refractivity contribution >= 4 is 0 Å². The molecule has 0 saturated carbocycles. The van der Waals surface area contributed by atoms with Gasteiger partial charge in [0.1, 0.15) is 5.82 Å². The van der Waals surface area contributed by atoms with Gasteiger partial charge in [-0.15, -0.1) is 0 Å². The zero-order valence-electron chi connectivity index (χ0n) is 12.2. The molecule has 0 aliphatic heterocycles. The summed E-state index contributed by atoms with van der Waals surface area (Å²) in [7, 11) is 0. The molecule has 0 heterocycles. The van der Waals surface area contributed by atoms with Crippen LogP contribution in [0.4, 0.5) is 4.39 Å². The molecule has 0 spiro atoms. The molecular formula is C19H18FN. The van der Waals surface area contributed by atoms with Gasteiger partial charge in [-0.25, -0.2) is 4.39 Å². The van der Waals surface area contributed by atoms with Crippen molar-refractivity contribution in [3.05, 3.63) is 70.5 Å². The molecule has 0 saturated heterocycles. The van der Waals surface area contributed by atoms with Crippen LogP contribution < -0.4 is 0 Å². The van der Waals surface area contributed by atoms with Crippen molar-refractivity contribution in [2.24, 2.45) is 0 Å². The van der Waals surface area contributed by atoms with E-state index in [1.54, 1.807) is 12.1 Å². The zero-order valence-corrected chi connectivity index (χ0v) is 12.2. The van der Waals surface area contributed by atoms with Crippen molar-refractivity contribution in [1.29, 1.82) is 5.26 Å². The average molecular weight is 279 g/mol. The second-order valence-corrected chi connectivity index (χ2v) is 5.95. The van der Waals surface area contributed by atoms with Crippen LogP contribution in [0.1, 0.15) is 35.1 Å². The van der Waals surface area contributed by atoms with Crippen molar-refractivity contribution < 1.29 is 4.39 Å². The first-order valence-corrected chi connectivity index (χ1v) is 7.39. The molecule has 0 aromatic heterocycles. The molecular weight excluding hydrogens is 261 g/mol. The molecule has 1 unspecified atom stereocenters. The molecule has 106 valence electrons. The number of nitriles is 1. The third kappa shape index (κ3) is 2.45. The Morgan fingerprint density at radius 3 is 2.86 bits per heavy atom. The molecule has 2 heteroatoms. The van der Waals surface area contributed by atoms with E-state index in [1.165, 1.54) is 11.6 Å². The van der Waals surface area contributed by atoms with Crippen LogP contribution in [0.15, 0.2) is 42.5 Å². The molecule has 2 aromatic carbocycles. The summed E-state index contributed by atoms with van der Waals surface area (Å²) in [6.45, 7) is 1.98. The number of halogens is 1. The van der Waals surface area contributed by atoms with Gasteiger partial charge in [-0.2, -0.15) is 5.26 Å². The fourth-order valence-corrected chi connectivity index (χ4v) is 3.42. The first-order chi connectivity index (χ1) is 10.1. The lowest BCUT2D eigenvalue weighted by molar-refractivity contribution is 0.448. The van der Waals surface area contributed by atoms with Crippen LogP contribution in [0.3, 0.4) is 0 Å². The van der Waals surface area contributed by atoms with E-state index in [4.69, 9.17) is 0 Å². The Morgan fingerprint density at radius 2 is 2.05 bits per heavy atom. The topological polar surface area (TPSA) is 23.8 Å². The number of aryl methyl sites for hydroxylation is 2. The van der Waals surface area contributed by atoms with Crippen molar-refractivity contribution in [3.8, 4) is 6.07 Å². The van der Waals surface area contributed by atoms with Crippen LogP contribution >= 0.6 is 0 Å². The van der Waals surface area contributed by atoms with Gasteiger partial charge in [0.15, 0.2) is 0 Å². The normalized spacial score (nSPS) is 20.6. The number of hydrogen-bond acceptors (Lipinski definition) is 1. The maximum atomic E-state index is 13.5. The van der Waals surface area contributed by atoms with Crippen LogP contribution in [-0.4, -0.2) is 0 Å². The fraction of sp³-hybridized carbons (Fsp3) is 0.316. The fourth-order valence-electron chi connectivity index (χ4n) is 3.42. The second-order valence-electron chi connectivity index (χ2n) is 5.95. The van der Waals surface area contributed by atoms with Crippen molar-refractivity contribution in [3.63, 3.8) is 0 Å². The largest absolute Gasteiger partial charge is 0.207 e. The Bertz CT molecular complexity index is 714.